The molecule has 114 valence electrons. The Morgan fingerprint density at radius 3 is 2.86 bits per heavy atom. The first-order chi connectivity index (χ1) is 10.0. The van der Waals surface area contributed by atoms with Crippen LogP contribution in [0.1, 0.15) is 35.7 Å². The zero-order valence-corrected chi connectivity index (χ0v) is 12.5. The van der Waals surface area contributed by atoms with Gasteiger partial charge in [-0.1, -0.05) is 0 Å². The van der Waals surface area contributed by atoms with E-state index >= 15 is 0 Å². The monoisotopic (exact) mass is 291 g/mol. The molecule has 5 heteroatoms. The lowest BCUT2D eigenvalue weighted by Gasteiger charge is -2.32. The second-order valence-electron chi connectivity index (χ2n) is 5.34. The molecule has 1 aliphatic heterocycles. The number of carbonyl (C=O) groups excluding carboxylic acids is 2. The number of phenols is 1. The molecule has 0 radical (unpaired) electrons. The summed E-state index contributed by atoms with van der Waals surface area (Å²) < 4.78 is 5.04. The second kappa shape index (κ2) is 6.61. The third-order valence-corrected chi connectivity index (χ3v) is 3.77. The Bertz CT molecular complexity index is 541. The molecule has 5 nitrogen and oxygen atoms in total. The van der Waals surface area contributed by atoms with E-state index in [4.69, 9.17) is 4.74 Å². The number of carbonyl (C=O) groups is 2. The summed E-state index contributed by atoms with van der Waals surface area (Å²) >= 11 is 0. The summed E-state index contributed by atoms with van der Waals surface area (Å²) in [5, 5.41) is 9.42. The van der Waals surface area contributed by atoms with E-state index in [1.54, 1.807) is 30.9 Å². The number of nitrogens with zero attached hydrogens (tertiary/aromatic N) is 1. The number of aryl methyl sites for hydroxylation is 1. The molecule has 1 N–H and O–H groups in total. The van der Waals surface area contributed by atoms with Gasteiger partial charge in [0.15, 0.2) is 0 Å². The standard InChI is InChI=1S/C16H21NO4/c1-3-21-16(20)12-5-4-8-17(10-12)15(19)14-7-6-13(18)9-11(14)2/h6-7,9,12,18H,3-5,8,10H2,1-2H3. The Kier molecular flexibility index (Phi) is 4.83. The van der Waals surface area contributed by atoms with Gasteiger partial charge >= 0.3 is 5.97 Å². The van der Waals surface area contributed by atoms with Gasteiger partial charge in [0, 0.05) is 18.7 Å². The van der Waals surface area contributed by atoms with Crippen molar-refractivity contribution in [2.45, 2.75) is 26.7 Å². The van der Waals surface area contributed by atoms with E-state index in [-0.39, 0.29) is 23.5 Å². The van der Waals surface area contributed by atoms with Crippen molar-refractivity contribution < 1.29 is 19.4 Å². The number of piperidine rings is 1. The molecule has 0 aromatic heterocycles. The Morgan fingerprint density at radius 1 is 1.43 bits per heavy atom. The van der Waals surface area contributed by atoms with Gasteiger partial charge in [-0.15, -0.1) is 0 Å². The number of aromatic hydroxyl groups is 1. The summed E-state index contributed by atoms with van der Waals surface area (Å²) in [4.78, 5) is 26.1. The molecule has 1 aliphatic rings. The third kappa shape index (κ3) is 3.54. The SMILES string of the molecule is CCOC(=O)C1CCCN(C(=O)c2ccc(O)cc2C)C1. The molecule has 0 spiro atoms. The highest BCUT2D eigenvalue weighted by Crippen LogP contribution is 2.22. The maximum atomic E-state index is 12.6. The van der Waals surface area contributed by atoms with Crippen LogP contribution >= 0.6 is 0 Å². The summed E-state index contributed by atoms with van der Waals surface area (Å²) in [5.74, 6) is -0.411. The van der Waals surface area contributed by atoms with E-state index in [1.807, 2.05) is 0 Å². The number of esters is 1. The number of likely N-dealkylation sites (tertiary alicyclic amines) is 1. The topological polar surface area (TPSA) is 66.8 Å². The third-order valence-electron chi connectivity index (χ3n) is 3.77. The largest absolute Gasteiger partial charge is 0.508 e. The van der Waals surface area contributed by atoms with E-state index in [1.165, 1.54) is 6.07 Å². The molecule has 1 amide bonds. The number of phenolic OH excluding ortho intramolecular Hbond substituents is 1. The first kappa shape index (κ1) is 15.4. The van der Waals surface area contributed by atoms with Crippen LogP contribution in [0.25, 0.3) is 0 Å². The number of ether oxygens (including phenoxy) is 1. The first-order valence-electron chi connectivity index (χ1n) is 7.28. The fourth-order valence-corrected chi connectivity index (χ4v) is 2.67. The van der Waals surface area contributed by atoms with Crippen LogP contribution in [0.5, 0.6) is 5.75 Å². The molecule has 1 atom stereocenters. The van der Waals surface area contributed by atoms with Gasteiger partial charge in [-0.25, -0.2) is 0 Å². The van der Waals surface area contributed by atoms with Gasteiger partial charge in [-0.05, 0) is 50.5 Å². The molecule has 0 saturated carbocycles. The maximum absolute atomic E-state index is 12.6. The highest BCUT2D eigenvalue weighted by atomic mass is 16.5. The lowest BCUT2D eigenvalue weighted by molar-refractivity contribution is -0.149. The van der Waals surface area contributed by atoms with E-state index in [0.29, 0.717) is 25.3 Å². The number of amides is 1. The molecule has 0 aliphatic carbocycles. The van der Waals surface area contributed by atoms with Crippen molar-refractivity contribution in [1.82, 2.24) is 4.90 Å². The number of hydrogen-bond donors (Lipinski definition) is 1. The minimum atomic E-state index is -0.236. The highest BCUT2D eigenvalue weighted by molar-refractivity contribution is 5.96. The van der Waals surface area contributed by atoms with Gasteiger partial charge < -0.3 is 14.7 Å². The van der Waals surface area contributed by atoms with Crippen LogP contribution in [-0.4, -0.2) is 41.6 Å². The minimum Gasteiger partial charge on any atom is -0.508 e. The average molecular weight is 291 g/mol. The van der Waals surface area contributed by atoms with E-state index in [2.05, 4.69) is 0 Å². The second-order valence-corrected chi connectivity index (χ2v) is 5.34. The Hall–Kier alpha value is -2.04. The van der Waals surface area contributed by atoms with Crippen molar-refractivity contribution in [3.63, 3.8) is 0 Å². The molecular formula is C16H21NO4. The average Bonchev–Trinajstić information content (AvgIpc) is 2.47. The molecule has 21 heavy (non-hydrogen) atoms. The Morgan fingerprint density at radius 2 is 2.19 bits per heavy atom. The van der Waals surface area contributed by atoms with Crippen LogP contribution in [0.2, 0.25) is 0 Å². The van der Waals surface area contributed by atoms with E-state index in [9.17, 15) is 14.7 Å². The number of benzene rings is 1. The highest BCUT2D eigenvalue weighted by Gasteiger charge is 2.30. The van der Waals surface area contributed by atoms with Crippen molar-refractivity contribution in [2.75, 3.05) is 19.7 Å². The fraction of sp³-hybridized carbons (Fsp3) is 0.500. The lowest BCUT2D eigenvalue weighted by atomic mass is 9.97. The normalized spacial score (nSPS) is 18.4. The van der Waals surface area contributed by atoms with Gasteiger partial charge in [0.25, 0.3) is 5.91 Å². The van der Waals surface area contributed by atoms with Crippen LogP contribution in [-0.2, 0) is 9.53 Å². The summed E-state index contributed by atoms with van der Waals surface area (Å²) in [5.41, 5.74) is 1.30. The van der Waals surface area contributed by atoms with Crippen molar-refractivity contribution >= 4 is 11.9 Å². The van der Waals surface area contributed by atoms with Gasteiger partial charge in [0.1, 0.15) is 5.75 Å². The molecule has 1 heterocycles. The van der Waals surface area contributed by atoms with Crippen LogP contribution in [0.15, 0.2) is 18.2 Å². The summed E-state index contributed by atoms with van der Waals surface area (Å²) in [6, 6.07) is 4.70. The van der Waals surface area contributed by atoms with Gasteiger partial charge in [0.2, 0.25) is 0 Å². The fourth-order valence-electron chi connectivity index (χ4n) is 2.67. The molecule has 1 unspecified atom stereocenters. The Labute approximate surface area is 124 Å². The Balaban J connectivity index is 2.10. The molecule has 2 rings (SSSR count). The van der Waals surface area contributed by atoms with Crippen LogP contribution in [0.3, 0.4) is 0 Å². The van der Waals surface area contributed by atoms with Crippen molar-refractivity contribution in [3.8, 4) is 5.75 Å². The molecule has 1 aromatic carbocycles. The summed E-state index contributed by atoms with van der Waals surface area (Å²) in [6.07, 6.45) is 1.56. The summed E-state index contributed by atoms with van der Waals surface area (Å²) in [6.45, 7) is 4.98. The molecular weight excluding hydrogens is 270 g/mol. The predicted molar refractivity (Wildman–Crippen MR) is 78.1 cm³/mol. The minimum absolute atomic E-state index is 0.0958. The van der Waals surface area contributed by atoms with Gasteiger partial charge in [-0.3, -0.25) is 9.59 Å². The van der Waals surface area contributed by atoms with Crippen molar-refractivity contribution in [3.05, 3.63) is 29.3 Å². The van der Waals surface area contributed by atoms with Crippen LogP contribution < -0.4 is 0 Å². The molecule has 1 saturated heterocycles. The number of hydrogen-bond acceptors (Lipinski definition) is 4. The predicted octanol–water partition coefficient (Wildman–Crippen LogP) is 2.12. The smallest absolute Gasteiger partial charge is 0.310 e. The van der Waals surface area contributed by atoms with Gasteiger partial charge in [-0.2, -0.15) is 0 Å². The van der Waals surface area contributed by atoms with Gasteiger partial charge in [0.05, 0.1) is 12.5 Å². The first-order valence-corrected chi connectivity index (χ1v) is 7.28. The van der Waals surface area contributed by atoms with Crippen LogP contribution in [0.4, 0.5) is 0 Å². The maximum Gasteiger partial charge on any atom is 0.310 e. The van der Waals surface area contributed by atoms with Crippen LogP contribution in [0, 0.1) is 12.8 Å². The quantitative estimate of drug-likeness (QED) is 0.866. The van der Waals surface area contributed by atoms with E-state index < -0.39 is 0 Å². The lowest BCUT2D eigenvalue weighted by Crippen LogP contribution is -2.43. The zero-order valence-electron chi connectivity index (χ0n) is 12.5. The zero-order chi connectivity index (χ0) is 15.4. The molecule has 0 bridgehead atoms. The van der Waals surface area contributed by atoms with Crippen molar-refractivity contribution in [1.29, 1.82) is 0 Å². The van der Waals surface area contributed by atoms with E-state index in [0.717, 1.165) is 18.4 Å². The summed E-state index contributed by atoms with van der Waals surface area (Å²) in [7, 11) is 0. The number of rotatable bonds is 3. The molecule has 1 aromatic rings. The molecule has 1 fully saturated rings. The van der Waals surface area contributed by atoms with Crippen molar-refractivity contribution in [2.24, 2.45) is 5.92 Å².